The molecule has 1 aliphatic carbocycles. The molecule has 3 fully saturated rings. The fourth-order valence-corrected chi connectivity index (χ4v) is 5.34. The number of rotatable bonds is 3. The van der Waals surface area contributed by atoms with Crippen LogP contribution in [0.3, 0.4) is 0 Å². The monoisotopic (exact) mass is 363 g/mol. The van der Waals surface area contributed by atoms with Gasteiger partial charge in [0.2, 0.25) is 0 Å². The van der Waals surface area contributed by atoms with Gasteiger partial charge in [0.25, 0.3) is 0 Å². The molecule has 2 aliphatic heterocycles. The fourth-order valence-electron chi connectivity index (χ4n) is 4.63. The first-order valence-electron chi connectivity index (χ1n) is 9.24. The number of urea groups is 1. The Morgan fingerprint density at radius 2 is 1.84 bits per heavy atom. The number of nitrogens with zero attached hydrogens (tertiary/aromatic N) is 3. The van der Waals surface area contributed by atoms with Gasteiger partial charge in [-0.05, 0) is 48.1 Å². The van der Waals surface area contributed by atoms with Crippen molar-refractivity contribution >= 4 is 23.5 Å². The van der Waals surface area contributed by atoms with E-state index in [0.717, 1.165) is 32.2 Å². The zero-order chi connectivity index (χ0) is 17.4. The molecule has 3 heterocycles. The number of hydrogen-bond acceptors (Lipinski definition) is 3. The summed E-state index contributed by atoms with van der Waals surface area (Å²) in [7, 11) is 0. The van der Waals surface area contributed by atoms with Crippen LogP contribution in [0.5, 0.6) is 0 Å². The summed E-state index contributed by atoms with van der Waals surface area (Å²) in [6.07, 6.45) is 5.28. The maximum Gasteiger partial charge on any atom is 0.407 e. The summed E-state index contributed by atoms with van der Waals surface area (Å²) in [4.78, 5) is 30.0. The molecule has 3 aliphatic rings. The van der Waals surface area contributed by atoms with E-state index in [0.29, 0.717) is 19.1 Å². The summed E-state index contributed by atoms with van der Waals surface area (Å²) < 4.78 is 0. The van der Waals surface area contributed by atoms with Crippen molar-refractivity contribution in [3.8, 4) is 0 Å². The third-order valence-electron chi connectivity index (χ3n) is 5.99. The van der Waals surface area contributed by atoms with Crippen LogP contribution in [-0.4, -0.2) is 63.6 Å². The van der Waals surface area contributed by atoms with Gasteiger partial charge in [0, 0.05) is 31.7 Å². The first kappa shape index (κ1) is 16.7. The van der Waals surface area contributed by atoms with E-state index in [4.69, 9.17) is 5.11 Å². The Hall–Kier alpha value is -1.76. The molecule has 7 heteroatoms. The number of piperidine rings is 1. The summed E-state index contributed by atoms with van der Waals surface area (Å²) in [6, 6.07) is 2.93. The highest BCUT2D eigenvalue weighted by Crippen LogP contribution is 2.38. The topological polar surface area (TPSA) is 64.1 Å². The van der Waals surface area contributed by atoms with Crippen molar-refractivity contribution in [1.29, 1.82) is 0 Å². The SMILES string of the molecule is O=C(O)N1CCC(N2C(=O)N(C3CCCC3)C[C@H]2c2ccsc2)CC1. The van der Waals surface area contributed by atoms with Crippen LogP contribution >= 0.6 is 11.3 Å². The number of amides is 3. The molecule has 2 saturated heterocycles. The van der Waals surface area contributed by atoms with Crippen molar-refractivity contribution in [3.05, 3.63) is 22.4 Å². The van der Waals surface area contributed by atoms with Crippen LogP contribution in [0.25, 0.3) is 0 Å². The van der Waals surface area contributed by atoms with Crippen molar-refractivity contribution in [2.75, 3.05) is 19.6 Å². The van der Waals surface area contributed by atoms with Gasteiger partial charge < -0.3 is 19.8 Å². The lowest BCUT2D eigenvalue weighted by Gasteiger charge is -2.38. The van der Waals surface area contributed by atoms with Crippen molar-refractivity contribution in [2.24, 2.45) is 0 Å². The number of carboxylic acid groups (broad SMARTS) is 1. The maximum absolute atomic E-state index is 13.2. The lowest BCUT2D eigenvalue weighted by molar-refractivity contribution is 0.0987. The van der Waals surface area contributed by atoms with E-state index in [2.05, 4.69) is 26.6 Å². The largest absolute Gasteiger partial charge is 0.465 e. The second kappa shape index (κ2) is 6.86. The molecule has 0 bridgehead atoms. The van der Waals surface area contributed by atoms with Crippen LogP contribution in [0.1, 0.15) is 50.1 Å². The van der Waals surface area contributed by atoms with Gasteiger partial charge in [-0.3, -0.25) is 0 Å². The number of carbonyl (C=O) groups excluding carboxylic acids is 1. The van der Waals surface area contributed by atoms with Gasteiger partial charge in [0.15, 0.2) is 0 Å². The van der Waals surface area contributed by atoms with Gasteiger partial charge >= 0.3 is 12.1 Å². The summed E-state index contributed by atoms with van der Waals surface area (Å²) in [5, 5.41) is 13.4. The number of carbonyl (C=O) groups is 2. The predicted octanol–water partition coefficient (Wildman–Crippen LogP) is 3.61. The number of likely N-dealkylation sites (tertiary alicyclic amines) is 1. The molecule has 4 rings (SSSR count). The predicted molar refractivity (Wildman–Crippen MR) is 95.9 cm³/mol. The van der Waals surface area contributed by atoms with Crippen molar-refractivity contribution in [2.45, 2.75) is 56.7 Å². The zero-order valence-corrected chi connectivity index (χ0v) is 15.2. The van der Waals surface area contributed by atoms with Crippen LogP contribution in [0, 0.1) is 0 Å². The molecular formula is C18H25N3O3S. The molecular weight excluding hydrogens is 338 g/mol. The normalized spacial score (nSPS) is 26.0. The molecule has 1 atom stereocenters. The summed E-state index contributed by atoms with van der Waals surface area (Å²) in [6.45, 7) is 1.81. The molecule has 1 N–H and O–H groups in total. The van der Waals surface area contributed by atoms with Gasteiger partial charge in [-0.2, -0.15) is 11.3 Å². The Kier molecular flexibility index (Phi) is 4.58. The van der Waals surface area contributed by atoms with Gasteiger partial charge in [0.1, 0.15) is 0 Å². The van der Waals surface area contributed by atoms with Crippen LogP contribution < -0.4 is 0 Å². The maximum atomic E-state index is 13.2. The molecule has 0 radical (unpaired) electrons. The summed E-state index contributed by atoms with van der Waals surface area (Å²) in [5.74, 6) is 0. The summed E-state index contributed by atoms with van der Waals surface area (Å²) >= 11 is 1.67. The van der Waals surface area contributed by atoms with Gasteiger partial charge in [-0.25, -0.2) is 9.59 Å². The third kappa shape index (κ3) is 3.10. The van der Waals surface area contributed by atoms with Gasteiger partial charge in [-0.1, -0.05) is 12.8 Å². The molecule has 25 heavy (non-hydrogen) atoms. The highest BCUT2D eigenvalue weighted by atomic mass is 32.1. The smallest absolute Gasteiger partial charge is 0.407 e. The lowest BCUT2D eigenvalue weighted by Crippen LogP contribution is -2.49. The van der Waals surface area contributed by atoms with E-state index in [1.165, 1.54) is 23.3 Å². The standard InChI is InChI=1S/C18H25N3O3S/c22-17-20(14-3-1-2-4-14)11-16(13-7-10-25-12-13)21(17)15-5-8-19(9-6-15)18(23)24/h7,10,12,14-16H,1-6,8-9,11H2,(H,23,24)/t16-/m0/s1. The van der Waals surface area contributed by atoms with Crippen LogP contribution in [0.4, 0.5) is 9.59 Å². The van der Waals surface area contributed by atoms with Crippen molar-refractivity contribution in [1.82, 2.24) is 14.7 Å². The first-order chi connectivity index (χ1) is 12.1. The van der Waals surface area contributed by atoms with Gasteiger partial charge in [0.05, 0.1) is 6.04 Å². The zero-order valence-electron chi connectivity index (χ0n) is 14.3. The van der Waals surface area contributed by atoms with E-state index < -0.39 is 6.09 Å². The molecule has 3 amide bonds. The Balaban J connectivity index is 1.54. The second-order valence-corrected chi connectivity index (χ2v) is 8.13. The van der Waals surface area contributed by atoms with Crippen molar-refractivity contribution in [3.63, 3.8) is 0 Å². The third-order valence-corrected chi connectivity index (χ3v) is 6.70. The molecule has 1 saturated carbocycles. The van der Waals surface area contributed by atoms with E-state index in [9.17, 15) is 9.59 Å². The molecule has 0 spiro atoms. The average Bonchev–Trinajstić information content (AvgIpc) is 3.35. The van der Waals surface area contributed by atoms with Crippen LogP contribution in [-0.2, 0) is 0 Å². The fraction of sp³-hybridized carbons (Fsp3) is 0.667. The second-order valence-electron chi connectivity index (χ2n) is 7.35. The quantitative estimate of drug-likeness (QED) is 0.892. The number of thiophene rings is 1. The van der Waals surface area contributed by atoms with E-state index in [1.54, 1.807) is 11.3 Å². The highest BCUT2D eigenvalue weighted by Gasteiger charge is 2.45. The van der Waals surface area contributed by atoms with Crippen LogP contribution in [0.15, 0.2) is 16.8 Å². The van der Waals surface area contributed by atoms with Gasteiger partial charge in [-0.15, -0.1) is 0 Å². The molecule has 0 aromatic carbocycles. The van der Waals surface area contributed by atoms with Crippen LogP contribution in [0.2, 0.25) is 0 Å². The Labute approximate surface area is 152 Å². The lowest BCUT2D eigenvalue weighted by atomic mass is 10.0. The minimum absolute atomic E-state index is 0.112. The minimum atomic E-state index is -0.854. The van der Waals surface area contributed by atoms with E-state index in [-0.39, 0.29) is 18.1 Å². The molecule has 1 aromatic rings. The molecule has 0 unspecified atom stereocenters. The molecule has 6 nitrogen and oxygen atoms in total. The van der Waals surface area contributed by atoms with Crippen molar-refractivity contribution < 1.29 is 14.7 Å². The highest BCUT2D eigenvalue weighted by molar-refractivity contribution is 7.08. The average molecular weight is 363 g/mol. The van der Waals surface area contributed by atoms with E-state index >= 15 is 0 Å². The van der Waals surface area contributed by atoms with E-state index in [1.807, 2.05) is 0 Å². The molecule has 136 valence electrons. The Morgan fingerprint density at radius 1 is 1.12 bits per heavy atom. The first-order valence-corrected chi connectivity index (χ1v) is 10.2. The molecule has 1 aromatic heterocycles. The minimum Gasteiger partial charge on any atom is -0.465 e. The summed E-state index contributed by atoms with van der Waals surface area (Å²) in [5.41, 5.74) is 1.22. The number of hydrogen-bond donors (Lipinski definition) is 1. The Bertz CT molecular complexity index is 622. The Morgan fingerprint density at radius 3 is 2.44 bits per heavy atom.